The predicted octanol–water partition coefficient (Wildman–Crippen LogP) is 3.31. The van der Waals surface area contributed by atoms with E-state index < -0.39 is 6.10 Å². The van der Waals surface area contributed by atoms with E-state index in [1.54, 1.807) is 41.4 Å². The van der Waals surface area contributed by atoms with Gasteiger partial charge in [-0.3, -0.25) is 4.98 Å². The van der Waals surface area contributed by atoms with E-state index in [2.05, 4.69) is 10.1 Å². The van der Waals surface area contributed by atoms with Crippen molar-refractivity contribution >= 4 is 28.7 Å². The lowest BCUT2D eigenvalue weighted by atomic mass is 10.0. The summed E-state index contributed by atoms with van der Waals surface area (Å²) in [6.45, 7) is 0. The third-order valence-corrected chi connectivity index (χ3v) is 3.87. The van der Waals surface area contributed by atoms with Crippen molar-refractivity contribution in [2.45, 2.75) is 12.5 Å². The fourth-order valence-electron chi connectivity index (χ4n) is 2.11. The Labute approximate surface area is 125 Å². The number of fused-ring (bicyclic) bond motifs is 1. The zero-order valence-corrected chi connectivity index (χ0v) is 11.9. The van der Waals surface area contributed by atoms with Gasteiger partial charge >= 0.3 is 0 Å². The molecule has 2 heterocycles. The first-order chi connectivity index (χ1) is 9.65. The summed E-state index contributed by atoms with van der Waals surface area (Å²) in [7, 11) is 0. The molecular formula is C14H11Cl2N3O. The topological polar surface area (TPSA) is 50.4 Å². The Morgan fingerprint density at radius 2 is 2.05 bits per heavy atom. The number of aliphatic hydroxyl groups is 1. The number of hydrogen-bond donors (Lipinski definition) is 1. The van der Waals surface area contributed by atoms with Crippen molar-refractivity contribution in [3.05, 3.63) is 64.2 Å². The first-order valence-corrected chi connectivity index (χ1v) is 6.80. The summed E-state index contributed by atoms with van der Waals surface area (Å²) >= 11 is 11.9. The Morgan fingerprint density at radius 1 is 1.20 bits per heavy atom. The number of hydrogen-bond acceptors (Lipinski definition) is 3. The Bertz CT molecular complexity index is 757. The summed E-state index contributed by atoms with van der Waals surface area (Å²) in [6.07, 6.45) is 6.49. The van der Waals surface area contributed by atoms with E-state index in [1.165, 1.54) is 0 Å². The molecule has 0 saturated carbocycles. The minimum Gasteiger partial charge on any atom is -0.388 e. The highest BCUT2D eigenvalue weighted by Crippen LogP contribution is 2.26. The molecule has 1 N–H and O–H groups in total. The molecule has 0 aliphatic heterocycles. The van der Waals surface area contributed by atoms with Crippen LogP contribution in [0.1, 0.15) is 17.2 Å². The molecule has 0 bridgehead atoms. The molecule has 1 unspecified atom stereocenters. The Balaban J connectivity index is 1.89. The van der Waals surface area contributed by atoms with Gasteiger partial charge in [-0.25, -0.2) is 4.52 Å². The average Bonchev–Trinajstić information content (AvgIpc) is 2.87. The minimum atomic E-state index is -0.672. The number of aromatic nitrogens is 3. The van der Waals surface area contributed by atoms with Gasteiger partial charge in [0.05, 0.1) is 34.1 Å². The van der Waals surface area contributed by atoms with Crippen molar-refractivity contribution in [2.24, 2.45) is 0 Å². The highest BCUT2D eigenvalue weighted by atomic mass is 35.5. The zero-order chi connectivity index (χ0) is 14.1. The third kappa shape index (κ3) is 2.50. The normalized spacial score (nSPS) is 12.8. The van der Waals surface area contributed by atoms with Crippen LogP contribution in [0.3, 0.4) is 0 Å². The van der Waals surface area contributed by atoms with E-state index in [-0.39, 0.29) is 0 Å². The van der Waals surface area contributed by atoms with Gasteiger partial charge in [0, 0.05) is 24.4 Å². The van der Waals surface area contributed by atoms with Gasteiger partial charge < -0.3 is 5.11 Å². The molecule has 20 heavy (non-hydrogen) atoms. The minimum absolute atomic E-state index is 0.438. The summed E-state index contributed by atoms with van der Waals surface area (Å²) in [5.74, 6) is 0. The lowest BCUT2D eigenvalue weighted by Gasteiger charge is -2.10. The molecule has 6 heteroatoms. The maximum atomic E-state index is 10.4. The van der Waals surface area contributed by atoms with Gasteiger partial charge in [0.15, 0.2) is 0 Å². The summed E-state index contributed by atoms with van der Waals surface area (Å²) in [5.41, 5.74) is 2.44. The molecule has 0 fully saturated rings. The molecule has 1 aromatic carbocycles. The van der Waals surface area contributed by atoms with Crippen molar-refractivity contribution in [1.82, 2.24) is 14.6 Å². The van der Waals surface area contributed by atoms with Crippen LogP contribution in [-0.2, 0) is 6.42 Å². The summed E-state index contributed by atoms with van der Waals surface area (Å²) in [5, 5.41) is 15.5. The second kappa shape index (κ2) is 5.40. The lowest BCUT2D eigenvalue weighted by Crippen LogP contribution is -2.01. The first kappa shape index (κ1) is 13.4. The highest BCUT2D eigenvalue weighted by Gasteiger charge is 2.15. The molecule has 0 aliphatic rings. The van der Waals surface area contributed by atoms with Crippen molar-refractivity contribution in [2.75, 3.05) is 0 Å². The number of rotatable bonds is 3. The fourth-order valence-corrected chi connectivity index (χ4v) is 2.43. The quantitative estimate of drug-likeness (QED) is 0.807. The van der Waals surface area contributed by atoms with Crippen LogP contribution in [0.5, 0.6) is 0 Å². The molecule has 3 aromatic rings. The van der Waals surface area contributed by atoms with Crippen LogP contribution in [0.25, 0.3) is 5.52 Å². The third-order valence-electron chi connectivity index (χ3n) is 3.13. The van der Waals surface area contributed by atoms with Crippen molar-refractivity contribution < 1.29 is 5.11 Å². The summed E-state index contributed by atoms with van der Waals surface area (Å²) in [4.78, 5) is 4.05. The van der Waals surface area contributed by atoms with Gasteiger partial charge in [-0.2, -0.15) is 5.10 Å². The molecule has 2 aromatic heterocycles. The largest absolute Gasteiger partial charge is 0.388 e. The van der Waals surface area contributed by atoms with Crippen LogP contribution in [0.2, 0.25) is 10.0 Å². The lowest BCUT2D eigenvalue weighted by molar-refractivity contribution is 0.180. The average molecular weight is 308 g/mol. The second-order valence-corrected chi connectivity index (χ2v) is 5.29. The van der Waals surface area contributed by atoms with Crippen LogP contribution in [0.15, 0.2) is 43.0 Å². The van der Waals surface area contributed by atoms with E-state index in [9.17, 15) is 5.11 Å². The molecule has 0 aliphatic carbocycles. The van der Waals surface area contributed by atoms with Gasteiger partial charge in [0.1, 0.15) is 0 Å². The van der Waals surface area contributed by atoms with E-state index in [0.717, 1.165) is 16.6 Å². The molecule has 1 atom stereocenters. The van der Waals surface area contributed by atoms with Crippen LogP contribution >= 0.6 is 23.2 Å². The molecule has 0 amide bonds. The van der Waals surface area contributed by atoms with Crippen molar-refractivity contribution in [1.29, 1.82) is 0 Å². The molecule has 102 valence electrons. The van der Waals surface area contributed by atoms with Gasteiger partial charge in [-0.15, -0.1) is 0 Å². The standard InChI is InChI=1S/C14H11Cl2N3O/c15-11-2-1-9(5-12(11)16)6-14(20)10-7-18-19-4-3-17-8-13(10)19/h1-5,7-8,14,20H,6H2. The predicted molar refractivity (Wildman–Crippen MR) is 78.1 cm³/mol. The number of benzene rings is 1. The number of aliphatic hydroxyl groups excluding tert-OH is 1. The van der Waals surface area contributed by atoms with Crippen LogP contribution in [-0.4, -0.2) is 19.7 Å². The Morgan fingerprint density at radius 3 is 2.85 bits per heavy atom. The SMILES string of the molecule is OC(Cc1ccc(Cl)c(Cl)c1)c1cnn2ccncc12. The zero-order valence-electron chi connectivity index (χ0n) is 10.4. The van der Waals surface area contributed by atoms with Gasteiger partial charge in [0.25, 0.3) is 0 Å². The van der Waals surface area contributed by atoms with Crippen molar-refractivity contribution in [3.63, 3.8) is 0 Å². The smallest absolute Gasteiger partial charge is 0.0903 e. The molecule has 3 rings (SSSR count). The molecule has 0 radical (unpaired) electrons. The van der Waals surface area contributed by atoms with E-state index in [1.807, 2.05) is 6.07 Å². The van der Waals surface area contributed by atoms with Gasteiger partial charge in [-0.1, -0.05) is 29.3 Å². The second-order valence-electron chi connectivity index (χ2n) is 4.47. The molecule has 4 nitrogen and oxygen atoms in total. The van der Waals surface area contributed by atoms with Crippen molar-refractivity contribution in [3.8, 4) is 0 Å². The van der Waals surface area contributed by atoms with Crippen LogP contribution in [0, 0.1) is 0 Å². The van der Waals surface area contributed by atoms with Gasteiger partial charge in [0.2, 0.25) is 0 Å². The fraction of sp³-hybridized carbons (Fsp3) is 0.143. The van der Waals surface area contributed by atoms with E-state index >= 15 is 0 Å². The monoisotopic (exact) mass is 307 g/mol. The van der Waals surface area contributed by atoms with Gasteiger partial charge in [-0.05, 0) is 17.7 Å². The first-order valence-electron chi connectivity index (χ1n) is 6.04. The molecule has 0 spiro atoms. The van der Waals surface area contributed by atoms with Crippen LogP contribution < -0.4 is 0 Å². The maximum absolute atomic E-state index is 10.4. The highest BCUT2D eigenvalue weighted by molar-refractivity contribution is 6.42. The summed E-state index contributed by atoms with van der Waals surface area (Å²) in [6, 6.07) is 5.34. The van der Waals surface area contributed by atoms with E-state index in [0.29, 0.717) is 16.5 Å². The summed E-state index contributed by atoms with van der Waals surface area (Å²) < 4.78 is 1.68. The Hall–Kier alpha value is -1.62. The van der Waals surface area contributed by atoms with Crippen LogP contribution in [0.4, 0.5) is 0 Å². The molecular weight excluding hydrogens is 297 g/mol. The Kier molecular flexibility index (Phi) is 3.61. The maximum Gasteiger partial charge on any atom is 0.0903 e. The number of nitrogens with zero attached hydrogens (tertiary/aromatic N) is 3. The number of halogens is 2. The molecule has 0 saturated heterocycles. The van der Waals surface area contributed by atoms with E-state index in [4.69, 9.17) is 23.2 Å².